The largest absolute Gasteiger partial charge is 0.378 e. The molecule has 2 aromatic heterocycles. The Morgan fingerprint density at radius 3 is 2.41 bits per heavy atom. The highest BCUT2D eigenvalue weighted by atomic mass is 32.1. The number of benzene rings is 2. The predicted octanol–water partition coefficient (Wildman–Crippen LogP) is 1.85. The summed E-state index contributed by atoms with van der Waals surface area (Å²) < 4.78 is 14.7. The van der Waals surface area contributed by atoms with Gasteiger partial charge in [-0.05, 0) is 41.5 Å². The lowest BCUT2D eigenvalue weighted by Crippen LogP contribution is -2.28. The zero-order valence-corrected chi connectivity index (χ0v) is 16.6. The third-order valence-corrected chi connectivity index (χ3v) is 5.40. The van der Waals surface area contributed by atoms with Crippen LogP contribution in [0.1, 0.15) is 16.8 Å². The molecule has 0 N–H and O–H groups in total. The van der Waals surface area contributed by atoms with Crippen LogP contribution in [-0.2, 0) is 6.42 Å². The van der Waals surface area contributed by atoms with Crippen molar-refractivity contribution in [3.8, 4) is 0 Å². The molecule has 2 aromatic carbocycles. The molecule has 29 heavy (non-hydrogen) atoms. The second-order valence-electron chi connectivity index (χ2n) is 6.76. The molecule has 0 aliphatic carbocycles. The molecule has 146 valence electrons. The van der Waals surface area contributed by atoms with Gasteiger partial charge in [-0.3, -0.25) is 9.59 Å². The Labute approximate surface area is 169 Å². The minimum atomic E-state index is -0.488. The number of thiazole rings is 1. The molecule has 6 nitrogen and oxygen atoms in total. The normalized spacial score (nSPS) is 11.9. The number of nitrogens with zero attached hydrogens (tertiary/aromatic N) is 4. The van der Waals surface area contributed by atoms with Gasteiger partial charge in [-0.25, -0.2) is 4.39 Å². The SMILES string of the molecule is CN(C)c1ccc(/C=c2\sc3nc(=O)c(Cc4ccc(F)cc4)nn3c2=O)cc1. The minimum absolute atomic E-state index is 0.144. The van der Waals surface area contributed by atoms with E-state index in [-0.39, 0.29) is 28.5 Å². The van der Waals surface area contributed by atoms with Gasteiger partial charge in [-0.1, -0.05) is 35.6 Å². The maximum atomic E-state index is 13.1. The topological polar surface area (TPSA) is 67.6 Å². The molecule has 0 radical (unpaired) electrons. The summed E-state index contributed by atoms with van der Waals surface area (Å²) in [7, 11) is 3.91. The third kappa shape index (κ3) is 3.93. The van der Waals surface area contributed by atoms with E-state index in [0.29, 0.717) is 10.1 Å². The van der Waals surface area contributed by atoms with Crippen LogP contribution in [0.4, 0.5) is 10.1 Å². The lowest BCUT2D eigenvalue weighted by atomic mass is 10.1. The second-order valence-corrected chi connectivity index (χ2v) is 7.77. The van der Waals surface area contributed by atoms with Crippen molar-refractivity contribution < 1.29 is 4.39 Å². The smallest absolute Gasteiger partial charge is 0.296 e. The van der Waals surface area contributed by atoms with Crippen molar-refractivity contribution in [2.75, 3.05) is 19.0 Å². The van der Waals surface area contributed by atoms with Crippen molar-refractivity contribution in [1.29, 1.82) is 0 Å². The van der Waals surface area contributed by atoms with Crippen LogP contribution >= 0.6 is 11.3 Å². The van der Waals surface area contributed by atoms with Crippen LogP contribution in [0.3, 0.4) is 0 Å². The molecule has 0 fully saturated rings. The van der Waals surface area contributed by atoms with Gasteiger partial charge in [0.05, 0.1) is 4.53 Å². The summed E-state index contributed by atoms with van der Waals surface area (Å²) >= 11 is 1.12. The molecule has 2 heterocycles. The van der Waals surface area contributed by atoms with Gasteiger partial charge in [-0.15, -0.1) is 0 Å². The van der Waals surface area contributed by atoms with Crippen molar-refractivity contribution in [1.82, 2.24) is 14.6 Å². The molecule has 0 saturated carbocycles. The Morgan fingerprint density at radius 2 is 1.76 bits per heavy atom. The molecule has 0 aliphatic rings. The minimum Gasteiger partial charge on any atom is -0.378 e. The fourth-order valence-corrected chi connectivity index (χ4v) is 3.77. The summed E-state index contributed by atoms with van der Waals surface area (Å²) in [5.74, 6) is -0.356. The molecule has 8 heteroatoms. The Hall–Kier alpha value is -3.39. The first-order valence-corrected chi connectivity index (χ1v) is 9.69. The van der Waals surface area contributed by atoms with Crippen molar-refractivity contribution in [3.63, 3.8) is 0 Å². The first-order valence-electron chi connectivity index (χ1n) is 8.87. The van der Waals surface area contributed by atoms with Gasteiger partial charge in [0.25, 0.3) is 11.1 Å². The van der Waals surface area contributed by atoms with Gasteiger partial charge in [-0.2, -0.15) is 14.6 Å². The molecule has 0 atom stereocenters. The van der Waals surface area contributed by atoms with Crippen LogP contribution in [0, 0.1) is 5.82 Å². The zero-order chi connectivity index (χ0) is 20.5. The highest BCUT2D eigenvalue weighted by Gasteiger charge is 2.12. The molecule has 0 amide bonds. The van der Waals surface area contributed by atoms with E-state index in [0.717, 1.165) is 27.1 Å². The fourth-order valence-electron chi connectivity index (χ4n) is 2.87. The number of halogens is 1. The predicted molar refractivity (Wildman–Crippen MR) is 112 cm³/mol. The van der Waals surface area contributed by atoms with Crippen LogP contribution in [0.2, 0.25) is 0 Å². The van der Waals surface area contributed by atoms with Gasteiger partial charge < -0.3 is 4.90 Å². The molecule has 0 saturated heterocycles. The standard InChI is InChI=1S/C21H17FN4O2S/c1-25(2)16-9-5-14(6-10-16)12-18-20(28)26-21(29-18)23-19(27)17(24-26)11-13-3-7-15(22)8-4-13/h3-10,12H,11H2,1-2H3/b18-12-. The first-order chi connectivity index (χ1) is 13.9. The molecule has 4 rings (SSSR count). The number of anilines is 1. The summed E-state index contributed by atoms with van der Waals surface area (Å²) in [5.41, 5.74) is 1.97. The van der Waals surface area contributed by atoms with E-state index < -0.39 is 5.56 Å². The number of aromatic nitrogens is 3. The van der Waals surface area contributed by atoms with E-state index >= 15 is 0 Å². The Morgan fingerprint density at radius 1 is 1.07 bits per heavy atom. The molecular weight excluding hydrogens is 391 g/mol. The Balaban J connectivity index is 1.74. The highest BCUT2D eigenvalue weighted by Crippen LogP contribution is 2.13. The van der Waals surface area contributed by atoms with E-state index in [1.54, 1.807) is 18.2 Å². The number of hydrogen-bond acceptors (Lipinski definition) is 6. The van der Waals surface area contributed by atoms with Crippen molar-refractivity contribution in [3.05, 3.63) is 96.4 Å². The lowest BCUT2D eigenvalue weighted by molar-refractivity contribution is 0.627. The zero-order valence-electron chi connectivity index (χ0n) is 15.8. The number of rotatable bonds is 4. The van der Waals surface area contributed by atoms with Gasteiger partial charge in [0.1, 0.15) is 11.5 Å². The van der Waals surface area contributed by atoms with E-state index in [2.05, 4.69) is 10.1 Å². The van der Waals surface area contributed by atoms with Gasteiger partial charge >= 0.3 is 0 Å². The van der Waals surface area contributed by atoms with Crippen LogP contribution in [0.5, 0.6) is 0 Å². The number of fused-ring (bicyclic) bond motifs is 1. The summed E-state index contributed by atoms with van der Waals surface area (Å²) in [4.78, 5) is 31.3. The van der Waals surface area contributed by atoms with Crippen molar-refractivity contribution in [2.24, 2.45) is 0 Å². The summed E-state index contributed by atoms with van der Waals surface area (Å²) in [5, 5.41) is 4.21. The average Bonchev–Trinajstić information content (AvgIpc) is 2.99. The van der Waals surface area contributed by atoms with Gasteiger partial charge in [0.2, 0.25) is 4.96 Å². The van der Waals surface area contributed by atoms with E-state index in [1.165, 1.54) is 12.1 Å². The third-order valence-electron chi connectivity index (χ3n) is 4.44. The average molecular weight is 408 g/mol. The summed E-state index contributed by atoms with van der Waals surface area (Å²) in [6.07, 6.45) is 1.93. The highest BCUT2D eigenvalue weighted by molar-refractivity contribution is 7.15. The quantitative estimate of drug-likeness (QED) is 0.516. The van der Waals surface area contributed by atoms with Crippen LogP contribution < -0.4 is 20.6 Å². The second kappa shape index (κ2) is 7.56. The summed E-state index contributed by atoms with van der Waals surface area (Å²) in [6, 6.07) is 13.6. The molecule has 0 spiro atoms. The summed E-state index contributed by atoms with van der Waals surface area (Å²) in [6.45, 7) is 0. The maximum absolute atomic E-state index is 13.1. The van der Waals surface area contributed by atoms with Crippen LogP contribution in [-0.4, -0.2) is 28.7 Å². The van der Waals surface area contributed by atoms with Crippen LogP contribution in [0.25, 0.3) is 11.0 Å². The Kier molecular flexibility index (Phi) is 4.94. The Bertz CT molecular complexity index is 1340. The molecule has 0 bridgehead atoms. The van der Waals surface area contributed by atoms with Crippen molar-refractivity contribution in [2.45, 2.75) is 6.42 Å². The molecule has 0 aliphatic heterocycles. The molecular formula is C21H17FN4O2S. The van der Waals surface area contributed by atoms with E-state index in [1.807, 2.05) is 43.3 Å². The van der Waals surface area contributed by atoms with E-state index in [9.17, 15) is 14.0 Å². The number of hydrogen-bond donors (Lipinski definition) is 0. The van der Waals surface area contributed by atoms with Gasteiger partial charge in [0, 0.05) is 26.2 Å². The maximum Gasteiger partial charge on any atom is 0.296 e. The fraction of sp³-hybridized carbons (Fsp3) is 0.143. The molecule has 4 aromatic rings. The monoisotopic (exact) mass is 408 g/mol. The van der Waals surface area contributed by atoms with Crippen molar-refractivity contribution >= 4 is 28.1 Å². The van der Waals surface area contributed by atoms with E-state index in [4.69, 9.17) is 0 Å². The molecule has 0 unspecified atom stereocenters. The van der Waals surface area contributed by atoms with Gasteiger partial charge in [0.15, 0.2) is 0 Å². The lowest BCUT2D eigenvalue weighted by Gasteiger charge is -2.11. The first kappa shape index (κ1) is 18.9. The van der Waals surface area contributed by atoms with Crippen LogP contribution in [0.15, 0.2) is 58.1 Å².